The van der Waals surface area contributed by atoms with Crippen LogP contribution in [0.1, 0.15) is 29.3 Å². The number of benzene rings is 2. The molecule has 0 aliphatic carbocycles. The molecule has 1 N–H and O–H groups in total. The quantitative estimate of drug-likeness (QED) is 0.504. The van der Waals surface area contributed by atoms with E-state index in [1.54, 1.807) is 30.3 Å². The molecule has 0 aliphatic rings. The number of rotatable bonds is 9. The third-order valence-electron chi connectivity index (χ3n) is 3.72. The van der Waals surface area contributed by atoms with Crippen LogP contribution in [0.15, 0.2) is 35.4 Å². The van der Waals surface area contributed by atoms with Crippen molar-refractivity contribution in [2.75, 3.05) is 27.9 Å². The minimum Gasteiger partial charge on any atom is -0.493 e. The van der Waals surface area contributed by atoms with E-state index in [-0.39, 0.29) is 5.91 Å². The van der Waals surface area contributed by atoms with Gasteiger partial charge in [0.1, 0.15) is 0 Å². The first-order valence-corrected chi connectivity index (χ1v) is 8.97. The lowest BCUT2D eigenvalue weighted by molar-refractivity contribution is 0.0954. The van der Waals surface area contributed by atoms with E-state index < -0.39 is 0 Å². The van der Waals surface area contributed by atoms with Crippen molar-refractivity contribution in [2.24, 2.45) is 5.10 Å². The molecule has 0 unspecified atom stereocenters. The van der Waals surface area contributed by atoms with E-state index in [0.717, 1.165) is 6.42 Å². The van der Waals surface area contributed by atoms with Crippen LogP contribution < -0.4 is 24.4 Å². The number of hydrogen-bond donors (Lipinski definition) is 1. The molecule has 0 radical (unpaired) electrons. The summed E-state index contributed by atoms with van der Waals surface area (Å²) in [5, 5.41) is 4.34. The first kappa shape index (κ1) is 21.4. The fraction of sp³-hybridized carbons (Fsp3) is 0.300. The van der Waals surface area contributed by atoms with Gasteiger partial charge in [-0.1, -0.05) is 18.5 Å². The molecule has 0 aliphatic heterocycles. The average molecular weight is 407 g/mol. The highest BCUT2D eigenvalue weighted by molar-refractivity contribution is 6.32. The minimum atomic E-state index is -0.386. The van der Waals surface area contributed by atoms with Crippen molar-refractivity contribution in [3.8, 4) is 23.0 Å². The van der Waals surface area contributed by atoms with Gasteiger partial charge in [-0.3, -0.25) is 4.79 Å². The molecule has 0 saturated carbocycles. The van der Waals surface area contributed by atoms with Gasteiger partial charge in [-0.15, -0.1) is 0 Å². The maximum absolute atomic E-state index is 12.3. The Kier molecular flexibility index (Phi) is 7.95. The second-order valence-corrected chi connectivity index (χ2v) is 6.06. The highest BCUT2D eigenvalue weighted by Crippen LogP contribution is 2.35. The molecule has 0 aromatic heterocycles. The van der Waals surface area contributed by atoms with Gasteiger partial charge >= 0.3 is 0 Å². The summed E-state index contributed by atoms with van der Waals surface area (Å²) in [4.78, 5) is 12.3. The van der Waals surface area contributed by atoms with Gasteiger partial charge in [0.15, 0.2) is 23.0 Å². The summed E-state index contributed by atoms with van der Waals surface area (Å²) >= 11 is 6.16. The van der Waals surface area contributed by atoms with Gasteiger partial charge in [0.05, 0.1) is 39.2 Å². The summed E-state index contributed by atoms with van der Waals surface area (Å²) < 4.78 is 21.3. The van der Waals surface area contributed by atoms with E-state index in [4.69, 9.17) is 30.5 Å². The molecule has 0 fully saturated rings. The minimum absolute atomic E-state index is 0.377. The fourth-order valence-electron chi connectivity index (χ4n) is 2.38. The molecule has 0 saturated heterocycles. The molecule has 2 aromatic rings. The maximum Gasteiger partial charge on any atom is 0.271 e. The zero-order chi connectivity index (χ0) is 20.5. The summed E-state index contributed by atoms with van der Waals surface area (Å²) in [6.45, 7) is 2.58. The number of hydrogen-bond acceptors (Lipinski definition) is 6. The first-order chi connectivity index (χ1) is 13.5. The predicted octanol–water partition coefficient (Wildman–Crippen LogP) is 3.92. The van der Waals surface area contributed by atoms with Gasteiger partial charge in [0.25, 0.3) is 5.91 Å². The molecule has 0 atom stereocenters. The SMILES string of the molecule is CCCOc1ccc(C(=O)N/N=C/c2cc(Cl)c(OC)c(OC)c2)cc1OC. The molecule has 8 heteroatoms. The van der Waals surface area contributed by atoms with Crippen LogP contribution in [-0.2, 0) is 0 Å². The first-order valence-electron chi connectivity index (χ1n) is 8.59. The Hall–Kier alpha value is -2.93. The van der Waals surface area contributed by atoms with E-state index in [9.17, 15) is 4.79 Å². The normalized spacial score (nSPS) is 10.6. The van der Waals surface area contributed by atoms with E-state index in [1.807, 2.05) is 6.92 Å². The molecule has 28 heavy (non-hydrogen) atoms. The molecule has 7 nitrogen and oxygen atoms in total. The van der Waals surface area contributed by atoms with Gasteiger partial charge in [0, 0.05) is 5.56 Å². The number of halogens is 1. The fourth-order valence-corrected chi connectivity index (χ4v) is 2.68. The number of nitrogens with zero attached hydrogens (tertiary/aromatic N) is 1. The van der Waals surface area contributed by atoms with Crippen molar-refractivity contribution in [3.05, 3.63) is 46.5 Å². The van der Waals surface area contributed by atoms with Crippen LogP contribution in [-0.4, -0.2) is 40.1 Å². The lowest BCUT2D eigenvalue weighted by Gasteiger charge is -2.11. The summed E-state index contributed by atoms with van der Waals surface area (Å²) in [6, 6.07) is 8.29. The van der Waals surface area contributed by atoms with Crippen molar-refractivity contribution in [1.29, 1.82) is 0 Å². The van der Waals surface area contributed by atoms with Crippen molar-refractivity contribution >= 4 is 23.7 Å². The number of carbonyl (C=O) groups is 1. The van der Waals surface area contributed by atoms with Crippen LogP contribution in [0.2, 0.25) is 5.02 Å². The molecule has 2 rings (SSSR count). The van der Waals surface area contributed by atoms with Crippen LogP contribution in [0.3, 0.4) is 0 Å². The highest BCUT2D eigenvalue weighted by atomic mass is 35.5. The van der Waals surface area contributed by atoms with Crippen molar-refractivity contribution in [3.63, 3.8) is 0 Å². The van der Waals surface area contributed by atoms with Crippen molar-refractivity contribution < 1.29 is 23.7 Å². The zero-order valence-electron chi connectivity index (χ0n) is 16.2. The monoisotopic (exact) mass is 406 g/mol. The Morgan fingerprint density at radius 2 is 1.82 bits per heavy atom. The number of carbonyl (C=O) groups excluding carboxylic acids is 1. The summed E-state index contributed by atoms with van der Waals surface area (Å²) in [5.74, 6) is 1.59. The molecule has 0 spiro atoms. The molecule has 2 aromatic carbocycles. The van der Waals surface area contributed by atoms with E-state index in [1.165, 1.54) is 27.5 Å². The van der Waals surface area contributed by atoms with Crippen molar-refractivity contribution in [2.45, 2.75) is 13.3 Å². The topological polar surface area (TPSA) is 78.4 Å². The van der Waals surface area contributed by atoms with E-state index in [2.05, 4.69) is 10.5 Å². The van der Waals surface area contributed by atoms with Crippen LogP contribution in [0.4, 0.5) is 0 Å². The Morgan fingerprint density at radius 1 is 1.07 bits per heavy atom. The van der Waals surface area contributed by atoms with Crippen LogP contribution >= 0.6 is 11.6 Å². The van der Waals surface area contributed by atoms with Gasteiger partial charge < -0.3 is 18.9 Å². The molecule has 0 heterocycles. The second kappa shape index (κ2) is 10.4. The lowest BCUT2D eigenvalue weighted by atomic mass is 10.2. The van der Waals surface area contributed by atoms with Crippen LogP contribution in [0.25, 0.3) is 0 Å². The maximum atomic E-state index is 12.3. The van der Waals surface area contributed by atoms with E-state index >= 15 is 0 Å². The summed E-state index contributed by atoms with van der Waals surface area (Å²) in [7, 11) is 4.54. The van der Waals surface area contributed by atoms with Gasteiger partial charge in [-0.05, 0) is 42.3 Å². The van der Waals surface area contributed by atoms with Gasteiger partial charge in [-0.2, -0.15) is 5.10 Å². The second-order valence-electron chi connectivity index (χ2n) is 5.65. The van der Waals surface area contributed by atoms with Crippen molar-refractivity contribution in [1.82, 2.24) is 5.43 Å². The smallest absolute Gasteiger partial charge is 0.271 e. The number of methoxy groups -OCH3 is 3. The van der Waals surface area contributed by atoms with Gasteiger partial charge in [-0.25, -0.2) is 5.43 Å². The summed E-state index contributed by atoms with van der Waals surface area (Å²) in [5.41, 5.74) is 3.50. The standard InChI is InChI=1S/C20H23ClN2O5/c1-5-8-28-16-7-6-14(11-17(16)25-2)20(24)23-22-12-13-9-15(21)19(27-4)18(10-13)26-3/h6-7,9-12H,5,8H2,1-4H3,(H,23,24)/b22-12+. The molecule has 1 amide bonds. The molecule has 0 bridgehead atoms. The predicted molar refractivity (Wildman–Crippen MR) is 108 cm³/mol. The van der Waals surface area contributed by atoms with E-state index in [0.29, 0.717) is 45.8 Å². The zero-order valence-corrected chi connectivity index (χ0v) is 17.0. The average Bonchev–Trinajstić information content (AvgIpc) is 2.71. The highest BCUT2D eigenvalue weighted by Gasteiger charge is 2.12. The number of hydrazone groups is 1. The Morgan fingerprint density at radius 3 is 2.46 bits per heavy atom. The molecular weight excluding hydrogens is 384 g/mol. The number of ether oxygens (including phenoxy) is 4. The van der Waals surface area contributed by atoms with Crippen LogP contribution in [0, 0.1) is 0 Å². The largest absolute Gasteiger partial charge is 0.493 e. The van der Waals surface area contributed by atoms with Gasteiger partial charge in [0.2, 0.25) is 0 Å². The Balaban J connectivity index is 2.10. The Bertz CT molecular complexity index is 855. The molecule has 150 valence electrons. The molecular formula is C20H23ClN2O5. The summed E-state index contributed by atoms with van der Waals surface area (Å²) in [6.07, 6.45) is 2.34. The Labute approximate surface area is 169 Å². The van der Waals surface area contributed by atoms with Crippen LogP contribution in [0.5, 0.6) is 23.0 Å². The lowest BCUT2D eigenvalue weighted by Crippen LogP contribution is -2.17. The third-order valence-corrected chi connectivity index (χ3v) is 4.00. The third kappa shape index (κ3) is 5.29. The number of nitrogens with one attached hydrogen (secondary N) is 1. The number of amides is 1.